The van der Waals surface area contributed by atoms with E-state index >= 15 is 0 Å². The highest BCUT2D eigenvalue weighted by Crippen LogP contribution is 2.04. The van der Waals surface area contributed by atoms with Crippen molar-refractivity contribution in [3.63, 3.8) is 0 Å². The Hall–Kier alpha value is -0.500. The third kappa shape index (κ3) is 3.81. The molecule has 2 nitrogen and oxygen atoms in total. The van der Waals surface area contributed by atoms with Crippen molar-refractivity contribution in [3.05, 3.63) is 18.2 Å². The Labute approximate surface area is 84.9 Å². The quantitative estimate of drug-likeness (QED) is 0.510. The predicted octanol–water partition coefficient (Wildman–Crippen LogP) is 2.99. The molecule has 0 radical (unpaired) electrons. The Morgan fingerprint density at radius 2 is 2.08 bits per heavy atom. The average Bonchev–Trinajstić information content (AvgIpc) is 2.52. The van der Waals surface area contributed by atoms with Crippen LogP contribution in [0.1, 0.15) is 31.5 Å². The summed E-state index contributed by atoms with van der Waals surface area (Å²) in [6, 6.07) is 0. The first-order chi connectivity index (χ1) is 6.34. The molecule has 0 N–H and O–H groups in total. The second-order valence-electron chi connectivity index (χ2n) is 3.27. The van der Waals surface area contributed by atoms with E-state index in [-0.39, 0.29) is 0 Å². The van der Waals surface area contributed by atoms with Gasteiger partial charge in [-0.15, -0.1) is 11.6 Å². The van der Waals surface area contributed by atoms with Gasteiger partial charge in [0.05, 0.1) is 0 Å². The zero-order valence-corrected chi connectivity index (χ0v) is 8.93. The number of aryl methyl sites for hydroxylation is 2. The van der Waals surface area contributed by atoms with Gasteiger partial charge in [0.2, 0.25) is 0 Å². The normalized spacial score (nSPS) is 10.6. The summed E-state index contributed by atoms with van der Waals surface area (Å²) in [5.74, 6) is 1.90. The highest BCUT2D eigenvalue weighted by Gasteiger charge is 1.95. The molecule has 74 valence electrons. The summed E-state index contributed by atoms with van der Waals surface area (Å²) in [6.45, 7) is 3.13. The van der Waals surface area contributed by atoms with Crippen molar-refractivity contribution in [2.45, 2.75) is 39.2 Å². The lowest BCUT2D eigenvalue weighted by Gasteiger charge is -2.03. The van der Waals surface area contributed by atoms with Gasteiger partial charge in [0.25, 0.3) is 0 Å². The van der Waals surface area contributed by atoms with Gasteiger partial charge in [-0.05, 0) is 19.8 Å². The van der Waals surface area contributed by atoms with E-state index in [1.165, 1.54) is 19.3 Å². The molecule has 0 aliphatic heterocycles. The van der Waals surface area contributed by atoms with Crippen LogP contribution in [0, 0.1) is 6.92 Å². The minimum atomic E-state index is 0.796. The summed E-state index contributed by atoms with van der Waals surface area (Å²) >= 11 is 5.59. The molecule has 0 aliphatic rings. The molecule has 0 amide bonds. The molecule has 0 aliphatic carbocycles. The zero-order valence-electron chi connectivity index (χ0n) is 8.17. The summed E-state index contributed by atoms with van der Waals surface area (Å²) in [5, 5.41) is 0. The molecule has 0 unspecified atom stereocenters. The lowest BCUT2D eigenvalue weighted by Crippen LogP contribution is -1.98. The minimum Gasteiger partial charge on any atom is -0.335 e. The molecule has 0 saturated carbocycles. The Bertz CT molecular complexity index is 233. The summed E-state index contributed by atoms with van der Waals surface area (Å²) in [7, 11) is 0. The molecule has 1 aromatic heterocycles. The molecule has 0 aromatic carbocycles. The molecular formula is C10H17ClN2. The van der Waals surface area contributed by atoms with Gasteiger partial charge in [-0.3, -0.25) is 0 Å². The van der Waals surface area contributed by atoms with E-state index in [0.29, 0.717) is 0 Å². The number of rotatable bonds is 6. The SMILES string of the molecule is Cc1nccn1CCCCCCCl. The van der Waals surface area contributed by atoms with Crippen molar-refractivity contribution >= 4 is 11.6 Å². The van der Waals surface area contributed by atoms with E-state index in [9.17, 15) is 0 Å². The molecule has 1 aromatic rings. The number of nitrogens with zero attached hydrogens (tertiary/aromatic N) is 2. The maximum absolute atomic E-state index is 5.59. The van der Waals surface area contributed by atoms with Crippen LogP contribution in [0.4, 0.5) is 0 Å². The van der Waals surface area contributed by atoms with Crippen molar-refractivity contribution in [3.8, 4) is 0 Å². The molecule has 0 atom stereocenters. The Morgan fingerprint density at radius 3 is 2.69 bits per heavy atom. The minimum absolute atomic E-state index is 0.796. The van der Waals surface area contributed by atoms with Crippen molar-refractivity contribution in [1.82, 2.24) is 9.55 Å². The number of imidazole rings is 1. The van der Waals surface area contributed by atoms with Crippen LogP contribution in [-0.2, 0) is 6.54 Å². The number of unbranched alkanes of at least 4 members (excludes halogenated alkanes) is 3. The van der Waals surface area contributed by atoms with E-state index in [1.807, 2.05) is 19.3 Å². The van der Waals surface area contributed by atoms with Crippen LogP contribution in [-0.4, -0.2) is 15.4 Å². The second-order valence-corrected chi connectivity index (χ2v) is 3.65. The molecule has 13 heavy (non-hydrogen) atoms. The summed E-state index contributed by atoms with van der Waals surface area (Å²) in [4.78, 5) is 4.17. The van der Waals surface area contributed by atoms with Crippen LogP contribution < -0.4 is 0 Å². The summed E-state index contributed by atoms with van der Waals surface area (Å²) in [6.07, 6.45) is 8.78. The predicted molar refractivity (Wildman–Crippen MR) is 56.2 cm³/mol. The van der Waals surface area contributed by atoms with Crippen LogP contribution in [0.15, 0.2) is 12.4 Å². The lowest BCUT2D eigenvalue weighted by molar-refractivity contribution is 0.574. The van der Waals surface area contributed by atoms with Crippen molar-refractivity contribution < 1.29 is 0 Å². The van der Waals surface area contributed by atoms with E-state index in [4.69, 9.17) is 11.6 Å². The maximum atomic E-state index is 5.59. The van der Waals surface area contributed by atoms with Crippen molar-refractivity contribution in [2.75, 3.05) is 5.88 Å². The zero-order chi connectivity index (χ0) is 9.52. The number of halogens is 1. The first-order valence-corrected chi connectivity index (χ1v) is 5.41. The van der Waals surface area contributed by atoms with Gasteiger partial charge < -0.3 is 4.57 Å². The van der Waals surface area contributed by atoms with E-state index in [0.717, 1.165) is 24.7 Å². The van der Waals surface area contributed by atoms with Crippen LogP contribution in [0.3, 0.4) is 0 Å². The van der Waals surface area contributed by atoms with Crippen molar-refractivity contribution in [1.29, 1.82) is 0 Å². The van der Waals surface area contributed by atoms with Crippen LogP contribution >= 0.6 is 11.6 Å². The number of hydrogen-bond acceptors (Lipinski definition) is 1. The molecule has 1 heterocycles. The second kappa shape index (κ2) is 6.03. The number of hydrogen-bond donors (Lipinski definition) is 0. The monoisotopic (exact) mass is 200 g/mol. The molecule has 0 bridgehead atoms. The van der Waals surface area contributed by atoms with Gasteiger partial charge in [-0.2, -0.15) is 0 Å². The maximum Gasteiger partial charge on any atom is 0.105 e. The highest BCUT2D eigenvalue weighted by atomic mass is 35.5. The fourth-order valence-electron chi connectivity index (χ4n) is 1.37. The third-order valence-electron chi connectivity index (χ3n) is 2.21. The van der Waals surface area contributed by atoms with Gasteiger partial charge in [0.15, 0.2) is 0 Å². The Kier molecular flexibility index (Phi) is 4.91. The molecule has 0 spiro atoms. The lowest BCUT2D eigenvalue weighted by atomic mass is 10.2. The topological polar surface area (TPSA) is 17.8 Å². The average molecular weight is 201 g/mol. The smallest absolute Gasteiger partial charge is 0.105 e. The van der Waals surface area contributed by atoms with Gasteiger partial charge >= 0.3 is 0 Å². The van der Waals surface area contributed by atoms with E-state index < -0.39 is 0 Å². The van der Waals surface area contributed by atoms with Crippen LogP contribution in [0.5, 0.6) is 0 Å². The fraction of sp³-hybridized carbons (Fsp3) is 0.700. The number of aromatic nitrogens is 2. The van der Waals surface area contributed by atoms with Crippen LogP contribution in [0.25, 0.3) is 0 Å². The molecule has 0 fully saturated rings. The van der Waals surface area contributed by atoms with E-state index in [2.05, 4.69) is 9.55 Å². The molecule has 3 heteroatoms. The van der Waals surface area contributed by atoms with E-state index in [1.54, 1.807) is 0 Å². The first-order valence-electron chi connectivity index (χ1n) is 4.88. The van der Waals surface area contributed by atoms with Gasteiger partial charge in [-0.1, -0.05) is 12.8 Å². The Balaban J connectivity index is 2.10. The third-order valence-corrected chi connectivity index (χ3v) is 2.47. The molecule has 0 saturated heterocycles. The van der Waals surface area contributed by atoms with Crippen LogP contribution in [0.2, 0.25) is 0 Å². The highest BCUT2D eigenvalue weighted by molar-refractivity contribution is 6.17. The summed E-state index contributed by atoms with van der Waals surface area (Å²) in [5.41, 5.74) is 0. The summed E-state index contributed by atoms with van der Waals surface area (Å²) < 4.78 is 2.20. The molecular weight excluding hydrogens is 184 g/mol. The van der Waals surface area contributed by atoms with Gasteiger partial charge in [0.1, 0.15) is 5.82 Å². The van der Waals surface area contributed by atoms with Gasteiger partial charge in [0, 0.05) is 24.8 Å². The first kappa shape index (κ1) is 10.6. The number of alkyl halides is 1. The molecule has 1 rings (SSSR count). The van der Waals surface area contributed by atoms with Gasteiger partial charge in [-0.25, -0.2) is 4.98 Å². The largest absolute Gasteiger partial charge is 0.335 e. The fourth-order valence-corrected chi connectivity index (χ4v) is 1.56. The Morgan fingerprint density at radius 1 is 1.31 bits per heavy atom. The standard InChI is InChI=1S/C10H17ClN2/c1-10-12-7-9-13(10)8-5-3-2-4-6-11/h7,9H,2-6,8H2,1H3. The van der Waals surface area contributed by atoms with Crippen molar-refractivity contribution in [2.24, 2.45) is 0 Å².